The first-order valence-electron chi connectivity index (χ1n) is 39.9. The average molecular weight is 1460 g/mol. The predicted octanol–water partition coefficient (Wildman–Crippen LogP) is 26.0. The highest BCUT2D eigenvalue weighted by molar-refractivity contribution is 6.24. The largest absolute Gasteiger partial charge is 0.383 e. The molecule has 10 heteroatoms. The number of nitrogens with one attached hydrogen (secondary N) is 1. The van der Waals surface area contributed by atoms with E-state index in [0.717, 1.165) is 28.4 Å². The number of hydrogen-bond acceptors (Lipinski definition) is 8. The predicted molar refractivity (Wildman–Crippen MR) is 475 cm³/mol. The molecule has 0 fully saturated rings. The van der Waals surface area contributed by atoms with Crippen LogP contribution in [0.4, 0.5) is 11.8 Å². The molecular weight excluding hydrogens is 1340 g/mol. The van der Waals surface area contributed by atoms with Crippen molar-refractivity contribution in [3.63, 3.8) is 0 Å². The molecule has 0 saturated carbocycles. The summed E-state index contributed by atoms with van der Waals surface area (Å²) >= 11 is 0. The molecule has 4 heterocycles. The summed E-state index contributed by atoms with van der Waals surface area (Å²) in [5.41, 5.74) is 36.4. The van der Waals surface area contributed by atoms with Gasteiger partial charge in [-0.2, -0.15) is 0 Å². The number of aromatic nitrogens is 7. The molecule has 0 aliphatic heterocycles. The molecule has 0 radical (unpaired) electrons. The molecule has 9 aromatic carbocycles. The van der Waals surface area contributed by atoms with Crippen LogP contribution in [-0.2, 0) is 0 Å². The highest BCUT2D eigenvalue weighted by Crippen LogP contribution is 2.43. The van der Waals surface area contributed by atoms with Crippen molar-refractivity contribution < 1.29 is 0 Å². The number of anilines is 2. The van der Waals surface area contributed by atoms with Crippen molar-refractivity contribution >= 4 is 102 Å². The fourth-order valence-corrected chi connectivity index (χ4v) is 16.8. The molecule has 4 aliphatic carbocycles. The molecule has 4 aromatic heterocycles. The van der Waals surface area contributed by atoms with E-state index in [9.17, 15) is 4.79 Å². The van der Waals surface area contributed by atoms with Crippen LogP contribution in [0.15, 0.2) is 169 Å². The van der Waals surface area contributed by atoms with Crippen LogP contribution in [0.25, 0.3) is 89.9 Å². The lowest BCUT2D eigenvalue weighted by molar-refractivity contribution is 0.570. The SMILES string of the molecule is C/C=C\c1c(C)cc2c(C(C)C)cccc2c1C.CC(C)C1C=Cc2c(N)ncnc21.CC(C)C1C=Cc2c1nc(N)[nH]c2=O.Cc1cc(C)c2c(c1)C(C(C)C)C=C2.Cc1cc(C)c2cccc(C(C)C)c2c1.Cc1cc2c(C(C)C)ccc3ccc4cccc1c4c32.Cc1nc2c(c3nccn13)C=CC2C(C)C. The Labute approximate surface area is 654 Å². The molecule has 5 N–H and O–H groups in total. The maximum absolute atomic E-state index is 11.5. The van der Waals surface area contributed by atoms with Gasteiger partial charge < -0.3 is 11.5 Å². The van der Waals surface area contributed by atoms with Crippen LogP contribution in [0, 0.1) is 79.1 Å². The Balaban J connectivity index is 0.000000128. The van der Waals surface area contributed by atoms with Gasteiger partial charge in [0, 0.05) is 47.2 Å². The summed E-state index contributed by atoms with van der Waals surface area (Å²) in [7, 11) is 0. The zero-order chi connectivity index (χ0) is 79.4. The van der Waals surface area contributed by atoms with Crippen molar-refractivity contribution in [1.29, 1.82) is 0 Å². The van der Waals surface area contributed by atoms with Gasteiger partial charge in [-0.05, 0) is 219 Å². The van der Waals surface area contributed by atoms with Crippen molar-refractivity contribution in [3.05, 3.63) is 287 Å². The summed E-state index contributed by atoms with van der Waals surface area (Å²) in [4.78, 5) is 35.5. The van der Waals surface area contributed by atoms with E-state index in [1.54, 1.807) is 0 Å². The minimum atomic E-state index is -0.146. The smallest absolute Gasteiger partial charge is 0.259 e. The van der Waals surface area contributed by atoms with Crippen LogP contribution < -0.4 is 17.0 Å². The van der Waals surface area contributed by atoms with Crippen molar-refractivity contribution in [2.45, 2.75) is 201 Å². The highest BCUT2D eigenvalue weighted by Gasteiger charge is 2.28. The zero-order valence-electron chi connectivity index (χ0n) is 69.6. The lowest BCUT2D eigenvalue weighted by Gasteiger charge is -2.17. The van der Waals surface area contributed by atoms with Crippen molar-refractivity contribution in [2.75, 3.05) is 11.5 Å². The van der Waals surface area contributed by atoms with Gasteiger partial charge in [0.25, 0.3) is 5.56 Å². The number of nitrogen functional groups attached to an aromatic ring is 2. The van der Waals surface area contributed by atoms with Gasteiger partial charge in [-0.25, -0.2) is 24.9 Å². The monoisotopic (exact) mass is 1460 g/mol. The number of aryl methyl sites for hydroxylation is 8. The standard InChI is InChI=1S/C20H18.C18H22.C15H18.C14H18.C13H15N3.C10H13N3O.C10H13N3/c1-12(2)16-10-9-15-8-7-14-5-4-6-17-13(3)11-18(16)20(15)19(14)17;1-6-8-16-13(4)11-18-15(12(2)3)9-7-10-17(18)14(16)5;1-10(2)13-6-5-7-14-12(4)8-11(3)9-15(13)14;1-9(2)12-5-6-13-11(4)7-10(3)8-14(12)13;1-8(2)10-4-5-11-12(10)15-9(3)16-7-6-14-13(11)16;1-5(2)6-3-4-7-8(6)12-10(11)13-9(7)14;1-6(2)7-3-4-8-9(7)12-5-13-10(8)11/h4-12H,1-3H3;6-12H,1-5H3;5-10H,1-4H3;5-9,12H,1-4H3;4-8,10H,1-3H3;3-6H,1-2H3,(H3,11,12,13,14);3-7H,1-2H3,(H2,11,12,13)/b;8-6-;;;;;. The Morgan fingerprint density at radius 3 is 1.56 bits per heavy atom. The molecule has 4 unspecified atom stereocenters. The second-order valence-electron chi connectivity index (χ2n) is 33.1. The number of allylic oxidation sites excluding steroid dienone is 5. The van der Waals surface area contributed by atoms with Crippen LogP contribution in [0.2, 0.25) is 0 Å². The van der Waals surface area contributed by atoms with Gasteiger partial charge in [0.1, 0.15) is 23.6 Å². The number of nitrogens with two attached hydrogens (primary N) is 2. The number of benzene rings is 9. The highest BCUT2D eigenvalue weighted by atomic mass is 16.1. The molecule has 4 atom stereocenters. The number of rotatable bonds is 8. The van der Waals surface area contributed by atoms with Crippen molar-refractivity contribution in [3.8, 4) is 0 Å². The molecule has 4 aliphatic rings. The maximum Gasteiger partial charge on any atom is 0.259 e. The Morgan fingerprint density at radius 1 is 0.445 bits per heavy atom. The normalized spacial score (nSPS) is 15.5. The summed E-state index contributed by atoms with van der Waals surface area (Å²) in [6, 6.07) is 42.9. The molecule has 0 saturated heterocycles. The van der Waals surface area contributed by atoms with Gasteiger partial charge >= 0.3 is 0 Å². The third-order valence-corrected chi connectivity index (χ3v) is 22.6. The van der Waals surface area contributed by atoms with E-state index in [-0.39, 0.29) is 17.4 Å². The summed E-state index contributed by atoms with van der Waals surface area (Å²) in [6.07, 6.45) is 26.7. The van der Waals surface area contributed by atoms with E-state index in [0.29, 0.717) is 70.6 Å². The summed E-state index contributed by atoms with van der Waals surface area (Å²) < 4.78 is 2.05. The Morgan fingerprint density at radius 2 is 0.936 bits per heavy atom. The van der Waals surface area contributed by atoms with E-state index >= 15 is 0 Å². The minimum Gasteiger partial charge on any atom is -0.383 e. The first-order chi connectivity index (χ1) is 52.4. The topological polar surface area (TPSA) is 154 Å². The second kappa shape index (κ2) is 34.1. The first-order valence-corrected chi connectivity index (χ1v) is 39.9. The molecular formula is C100H117N9O. The van der Waals surface area contributed by atoms with Crippen LogP contribution >= 0.6 is 0 Å². The van der Waals surface area contributed by atoms with E-state index in [2.05, 4.69) is 335 Å². The van der Waals surface area contributed by atoms with Gasteiger partial charge in [0.15, 0.2) is 0 Å². The Kier molecular flexibility index (Phi) is 25.0. The Bertz CT molecular complexity index is 5750. The first kappa shape index (κ1) is 80.4. The van der Waals surface area contributed by atoms with Crippen LogP contribution in [0.3, 0.4) is 0 Å². The quantitative estimate of drug-likeness (QED) is 0.127. The summed E-state index contributed by atoms with van der Waals surface area (Å²) in [6.45, 7) is 50.7. The summed E-state index contributed by atoms with van der Waals surface area (Å²) in [5.74, 6) is 7.49. The Hall–Kier alpha value is -10.6. The van der Waals surface area contributed by atoms with Gasteiger partial charge in [-0.15, -0.1) is 0 Å². The molecule has 13 aromatic rings. The van der Waals surface area contributed by atoms with Crippen LogP contribution in [0.5, 0.6) is 0 Å². The third-order valence-electron chi connectivity index (χ3n) is 22.6. The van der Waals surface area contributed by atoms with Gasteiger partial charge in [0.2, 0.25) is 5.95 Å². The van der Waals surface area contributed by atoms with Gasteiger partial charge in [-0.3, -0.25) is 14.2 Å². The lowest BCUT2D eigenvalue weighted by atomic mass is 9.87. The number of H-pyrrole nitrogens is 1. The van der Waals surface area contributed by atoms with E-state index in [4.69, 9.17) is 16.5 Å². The lowest BCUT2D eigenvalue weighted by Crippen LogP contribution is -2.17. The fraction of sp³-hybridized carbons (Fsp3) is 0.340. The number of hydrogen-bond donors (Lipinski definition) is 3. The summed E-state index contributed by atoms with van der Waals surface area (Å²) in [5, 5.41) is 14.0. The third kappa shape index (κ3) is 16.8. The average Bonchev–Trinajstić information content (AvgIpc) is 1.03. The zero-order valence-corrected chi connectivity index (χ0v) is 69.6. The van der Waals surface area contributed by atoms with Crippen molar-refractivity contribution in [1.82, 2.24) is 34.3 Å². The van der Waals surface area contributed by atoms with Crippen LogP contribution in [0.1, 0.15) is 257 Å². The number of aromatic amines is 1. The maximum atomic E-state index is 11.5. The molecule has 0 spiro atoms. The number of nitrogens with zero attached hydrogens (tertiary/aromatic N) is 6. The molecule has 110 heavy (non-hydrogen) atoms. The number of fused-ring (bicyclic) bond motifs is 8. The number of imidazole rings is 1. The molecule has 10 nitrogen and oxygen atoms in total. The van der Waals surface area contributed by atoms with Gasteiger partial charge in [-0.1, -0.05) is 284 Å². The molecule has 0 amide bonds. The second-order valence-corrected chi connectivity index (χ2v) is 33.1. The minimum absolute atomic E-state index is 0.146. The fourth-order valence-electron chi connectivity index (χ4n) is 16.8. The van der Waals surface area contributed by atoms with E-state index in [1.807, 2.05) is 41.9 Å². The van der Waals surface area contributed by atoms with E-state index in [1.165, 1.54) is 144 Å². The van der Waals surface area contributed by atoms with Gasteiger partial charge in [0.05, 0.1) is 22.6 Å². The van der Waals surface area contributed by atoms with Crippen molar-refractivity contribution in [2.24, 2.45) is 23.7 Å². The van der Waals surface area contributed by atoms with E-state index < -0.39 is 0 Å². The van der Waals surface area contributed by atoms with Crippen LogP contribution in [-0.4, -0.2) is 34.3 Å². The molecule has 568 valence electrons. The molecule has 17 rings (SSSR count). The molecule has 0 bridgehead atoms.